The SMILES string of the molecule is CSCC[C@@H](NC(=O)C(CN)CC(C)(C)C)C(=O)O. The molecule has 5 nitrogen and oxygen atoms in total. The normalized spacial score (nSPS) is 14.8. The molecule has 0 aliphatic carbocycles. The Bertz CT molecular complexity index is 303. The maximum atomic E-state index is 12.1. The van der Waals surface area contributed by atoms with Gasteiger partial charge in [0.05, 0.1) is 5.92 Å². The van der Waals surface area contributed by atoms with Crippen molar-refractivity contribution in [1.29, 1.82) is 0 Å². The largest absolute Gasteiger partial charge is 0.480 e. The highest BCUT2D eigenvalue weighted by atomic mass is 32.2. The van der Waals surface area contributed by atoms with Crippen molar-refractivity contribution in [3.63, 3.8) is 0 Å². The van der Waals surface area contributed by atoms with Gasteiger partial charge in [-0.2, -0.15) is 11.8 Å². The smallest absolute Gasteiger partial charge is 0.326 e. The van der Waals surface area contributed by atoms with Gasteiger partial charge >= 0.3 is 5.97 Å². The maximum absolute atomic E-state index is 12.1. The number of hydrogen-bond acceptors (Lipinski definition) is 4. The van der Waals surface area contributed by atoms with Gasteiger partial charge in [0.1, 0.15) is 6.04 Å². The molecule has 0 aromatic carbocycles. The third kappa shape index (κ3) is 8.10. The van der Waals surface area contributed by atoms with Crippen LogP contribution in [0.2, 0.25) is 0 Å². The Morgan fingerprint density at radius 2 is 1.95 bits per heavy atom. The third-order valence-corrected chi connectivity index (χ3v) is 3.38. The summed E-state index contributed by atoms with van der Waals surface area (Å²) in [5.41, 5.74) is 5.61. The quantitative estimate of drug-likeness (QED) is 0.627. The van der Waals surface area contributed by atoms with E-state index in [-0.39, 0.29) is 23.8 Å². The van der Waals surface area contributed by atoms with Gasteiger partial charge < -0.3 is 16.2 Å². The zero-order chi connectivity index (χ0) is 15.1. The van der Waals surface area contributed by atoms with Crippen molar-refractivity contribution in [3.8, 4) is 0 Å². The van der Waals surface area contributed by atoms with Crippen LogP contribution in [0.3, 0.4) is 0 Å². The summed E-state index contributed by atoms with van der Waals surface area (Å²) in [6.45, 7) is 6.33. The van der Waals surface area contributed by atoms with Crippen LogP contribution in [-0.2, 0) is 9.59 Å². The molecule has 0 saturated heterocycles. The molecule has 6 heteroatoms. The lowest BCUT2D eigenvalue weighted by Gasteiger charge is -2.25. The van der Waals surface area contributed by atoms with Crippen LogP contribution in [0.25, 0.3) is 0 Å². The first-order valence-corrected chi connectivity index (χ1v) is 7.83. The van der Waals surface area contributed by atoms with Gasteiger partial charge in [-0.25, -0.2) is 4.79 Å². The Labute approximate surface area is 119 Å². The molecule has 19 heavy (non-hydrogen) atoms. The number of amides is 1. The van der Waals surface area contributed by atoms with Crippen LogP contribution in [0.15, 0.2) is 0 Å². The second-order valence-corrected chi connectivity index (χ2v) is 6.86. The average Bonchev–Trinajstić information content (AvgIpc) is 2.29. The Morgan fingerprint density at radius 1 is 1.37 bits per heavy atom. The zero-order valence-corrected chi connectivity index (χ0v) is 13.0. The second kappa shape index (κ2) is 8.43. The van der Waals surface area contributed by atoms with E-state index in [1.807, 2.05) is 27.0 Å². The summed E-state index contributed by atoms with van der Waals surface area (Å²) in [5, 5.41) is 11.7. The molecule has 0 fully saturated rings. The zero-order valence-electron chi connectivity index (χ0n) is 12.2. The summed E-state index contributed by atoms with van der Waals surface area (Å²) in [7, 11) is 0. The van der Waals surface area contributed by atoms with Crippen LogP contribution in [0, 0.1) is 11.3 Å². The molecule has 0 aromatic rings. The number of nitrogens with two attached hydrogens (primary N) is 1. The van der Waals surface area contributed by atoms with Crippen LogP contribution < -0.4 is 11.1 Å². The van der Waals surface area contributed by atoms with Gasteiger partial charge in [0, 0.05) is 6.54 Å². The van der Waals surface area contributed by atoms with Crippen molar-refractivity contribution in [1.82, 2.24) is 5.32 Å². The molecule has 0 aliphatic heterocycles. The predicted octanol–water partition coefficient (Wildman–Crippen LogP) is 1.32. The standard InChI is InChI=1S/C13H26N2O3S/c1-13(2,3)7-9(8-14)11(16)15-10(12(17)18)5-6-19-4/h9-10H,5-8,14H2,1-4H3,(H,15,16)(H,17,18)/t9?,10-/m1/s1. The Kier molecular flexibility index (Phi) is 8.09. The molecular weight excluding hydrogens is 264 g/mol. The highest BCUT2D eigenvalue weighted by Gasteiger charge is 2.27. The van der Waals surface area contributed by atoms with Gasteiger partial charge in [-0.05, 0) is 30.3 Å². The first-order valence-electron chi connectivity index (χ1n) is 6.43. The molecule has 0 aliphatic rings. The minimum atomic E-state index is -0.992. The molecule has 0 heterocycles. The van der Waals surface area contributed by atoms with Crippen molar-refractivity contribution < 1.29 is 14.7 Å². The number of hydrogen-bond donors (Lipinski definition) is 3. The van der Waals surface area contributed by atoms with E-state index in [4.69, 9.17) is 10.8 Å². The molecule has 0 radical (unpaired) electrons. The third-order valence-electron chi connectivity index (χ3n) is 2.74. The summed E-state index contributed by atoms with van der Waals surface area (Å²) in [6, 6.07) is -0.825. The summed E-state index contributed by atoms with van der Waals surface area (Å²) in [5.74, 6) is -0.889. The van der Waals surface area contributed by atoms with Crippen molar-refractivity contribution in [2.24, 2.45) is 17.1 Å². The van der Waals surface area contributed by atoms with Gasteiger partial charge in [-0.15, -0.1) is 0 Å². The van der Waals surface area contributed by atoms with Gasteiger partial charge in [0.2, 0.25) is 5.91 Å². The highest BCUT2D eigenvalue weighted by molar-refractivity contribution is 7.98. The van der Waals surface area contributed by atoms with Crippen LogP contribution in [-0.4, -0.2) is 41.6 Å². The first kappa shape index (κ1) is 18.2. The van der Waals surface area contributed by atoms with Gasteiger partial charge in [0.15, 0.2) is 0 Å². The van der Waals surface area contributed by atoms with E-state index in [0.717, 1.165) is 0 Å². The molecule has 0 spiro atoms. The molecule has 1 amide bonds. The minimum Gasteiger partial charge on any atom is -0.480 e. The monoisotopic (exact) mass is 290 g/mol. The molecule has 2 atom stereocenters. The predicted molar refractivity (Wildman–Crippen MR) is 79.2 cm³/mol. The lowest BCUT2D eigenvalue weighted by Crippen LogP contribution is -2.46. The van der Waals surface area contributed by atoms with Crippen molar-refractivity contribution >= 4 is 23.6 Å². The number of carboxylic acid groups (broad SMARTS) is 1. The topological polar surface area (TPSA) is 92.4 Å². The number of rotatable bonds is 8. The van der Waals surface area contributed by atoms with E-state index >= 15 is 0 Å². The first-order chi connectivity index (χ1) is 8.71. The molecule has 0 rings (SSSR count). The molecule has 0 saturated carbocycles. The fourth-order valence-corrected chi connectivity index (χ4v) is 2.28. The molecule has 4 N–H and O–H groups in total. The van der Waals surface area contributed by atoms with Crippen molar-refractivity contribution in [2.45, 2.75) is 39.7 Å². The Balaban J connectivity index is 4.55. The summed E-state index contributed by atoms with van der Waals surface area (Å²) < 4.78 is 0. The van der Waals surface area contributed by atoms with Gasteiger partial charge in [0.25, 0.3) is 0 Å². The molecule has 0 aromatic heterocycles. The fourth-order valence-electron chi connectivity index (χ4n) is 1.80. The fraction of sp³-hybridized carbons (Fsp3) is 0.846. The van der Waals surface area contributed by atoms with Crippen LogP contribution in [0.4, 0.5) is 0 Å². The number of carbonyl (C=O) groups excluding carboxylic acids is 1. The Morgan fingerprint density at radius 3 is 2.32 bits per heavy atom. The minimum absolute atomic E-state index is 0.0145. The molecular formula is C13H26N2O3S. The second-order valence-electron chi connectivity index (χ2n) is 5.88. The maximum Gasteiger partial charge on any atom is 0.326 e. The van der Waals surface area contributed by atoms with E-state index in [1.54, 1.807) is 11.8 Å². The van der Waals surface area contributed by atoms with Crippen LogP contribution >= 0.6 is 11.8 Å². The van der Waals surface area contributed by atoms with Crippen LogP contribution in [0.5, 0.6) is 0 Å². The van der Waals surface area contributed by atoms with Gasteiger partial charge in [-0.3, -0.25) is 4.79 Å². The average molecular weight is 290 g/mol. The number of thioether (sulfide) groups is 1. The number of carbonyl (C=O) groups is 2. The number of nitrogens with one attached hydrogen (secondary N) is 1. The Hall–Kier alpha value is -0.750. The van der Waals surface area contributed by atoms with Crippen molar-refractivity contribution in [3.05, 3.63) is 0 Å². The lowest BCUT2D eigenvalue weighted by atomic mass is 9.84. The van der Waals surface area contributed by atoms with Gasteiger partial charge in [-0.1, -0.05) is 20.8 Å². The number of aliphatic carboxylic acids is 1. The molecule has 112 valence electrons. The van der Waals surface area contributed by atoms with E-state index < -0.39 is 12.0 Å². The summed E-state index contributed by atoms with van der Waals surface area (Å²) in [4.78, 5) is 23.2. The molecule has 1 unspecified atom stereocenters. The highest BCUT2D eigenvalue weighted by Crippen LogP contribution is 2.24. The summed E-state index contributed by atoms with van der Waals surface area (Å²) in [6.07, 6.45) is 2.97. The van der Waals surface area contributed by atoms with Crippen molar-refractivity contribution in [2.75, 3.05) is 18.6 Å². The van der Waals surface area contributed by atoms with E-state index in [9.17, 15) is 9.59 Å². The lowest BCUT2D eigenvalue weighted by molar-refractivity contribution is -0.142. The van der Waals surface area contributed by atoms with E-state index in [2.05, 4.69) is 5.32 Å². The van der Waals surface area contributed by atoms with E-state index in [0.29, 0.717) is 18.6 Å². The van der Waals surface area contributed by atoms with E-state index in [1.165, 1.54) is 0 Å². The van der Waals surface area contributed by atoms with Crippen LogP contribution in [0.1, 0.15) is 33.6 Å². The molecule has 0 bridgehead atoms. The summed E-state index contributed by atoms with van der Waals surface area (Å²) >= 11 is 1.56. The number of carboxylic acids is 1.